The third kappa shape index (κ3) is 5.79. The minimum atomic E-state index is -0.617. The van der Waals surface area contributed by atoms with E-state index in [1.165, 1.54) is 0 Å². The predicted octanol–water partition coefficient (Wildman–Crippen LogP) is 2.64. The van der Waals surface area contributed by atoms with E-state index in [9.17, 15) is 5.11 Å². The fraction of sp³-hybridized carbons (Fsp3) is 0.600. The van der Waals surface area contributed by atoms with Crippen molar-refractivity contribution in [1.29, 1.82) is 0 Å². The molecule has 1 aromatic rings. The summed E-state index contributed by atoms with van der Waals surface area (Å²) in [6.45, 7) is 7.44. The van der Waals surface area contributed by atoms with E-state index < -0.39 is 6.10 Å². The number of aryl methyl sites for hydroxylation is 1. The van der Waals surface area contributed by atoms with Crippen LogP contribution in [0.15, 0.2) is 16.6 Å². The van der Waals surface area contributed by atoms with Gasteiger partial charge in [-0.1, -0.05) is 29.8 Å². The molecule has 5 heteroatoms. The fourth-order valence-electron chi connectivity index (χ4n) is 1.87. The number of halogens is 1. The van der Waals surface area contributed by atoms with Gasteiger partial charge in [-0.15, -0.1) is 0 Å². The van der Waals surface area contributed by atoms with Crippen molar-refractivity contribution in [3.05, 3.63) is 27.7 Å². The van der Waals surface area contributed by atoms with Crippen molar-refractivity contribution in [3.8, 4) is 5.75 Å². The molecule has 4 nitrogen and oxygen atoms in total. The molecular formula is C15H24BrNO3. The molecule has 0 aliphatic heterocycles. The third-order valence-electron chi connectivity index (χ3n) is 2.80. The average Bonchev–Trinajstić information content (AvgIpc) is 2.35. The van der Waals surface area contributed by atoms with E-state index in [0.717, 1.165) is 27.9 Å². The second kappa shape index (κ2) is 8.62. The molecule has 1 unspecified atom stereocenters. The van der Waals surface area contributed by atoms with Crippen molar-refractivity contribution in [2.75, 3.05) is 20.3 Å². The molecule has 0 saturated heterocycles. The van der Waals surface area contributed by atoms with Crippen LogP contribution >= 0.6 is 15.9 Å². The van der Waals surface area contributed by atoms with E-state index in [2.05, 4.69) is 35.1 Å². The number of aliphatic hydroxyl groups excluding tert-OH is 1. The average molecular weight is 346 g/mol. The second-order valence-electron chi connectivity index (χ2n) is 5.17. The van der Waals surface area contributed by atoms with Gasteiger partial charge in [-0.25, -0.2) is 0 Å². The van der Waals surface area contributed by atoms with Crippen LogP contribution in [-0.2, 0) is 11.3 Å². The zero-order chi connectivity index (χ0) is 15.1. The Bertz CT molecular complexity index is 424. The van der Waals surface area contributed by atoms with Crippen LogP contribution in [-0.4, -0.2) is 37.6 Å². The molecule has 1 aromatic carbocycles. The Morgan fingerprint density at radius 2 is 2.00 bits per heavy atom. The highest BCUT2D eigenvalue weighted by Crippen LogP contribution is 2.28. The van der Waals surface area contributed by atoms with Gasteiger partial charge in [0, 0.05) is 29.7 Å². The normalized spacial score (nSPS) is 12.8. The molecule has 0 saturated carbocycles. The predicted molar refractivity (Wildman–Crippen MR) is 84.2 cm³/mol. The monoisotopic (exact) mass is 345 g/mol. The number of aliphatic hydroxyl groups is 1. The maximum absolute atomic E-state index is 9.69. The van der Waals surface area contributed by atoms with Crippen LogP contribution in [0.1, 0.15) is 25.0 Å². The van der Waals surface area contributed by atoms with Gasteiger partial charge in [0.15, 0.2) is 0 Å². The Hall–Kier alpha value is -0.620. The molecule has 0 amide bonds. The van der Waals surface area contributed by atoms with Crippen molar-refractivity contribution >= 4 is 15.9 Å². The number of ether oxygens (including phenoxy) is 2. The van der Waals surface area contributed by atoms with Gasteiger partial charge < -0.3 is 19.9 Å². The molecule has 0 bridgehead atoms. The van der Waals surface area contributed by atoms with Crippen LogP contribution in [0.4, 0.5) is 0 Å². The second-order valence-corrected chi connectivity index (χ2v) is 6.08. The summed E-state index contributed by atoms with van der Waals surface area (Å²) >= 11 is 3.51. The molecule has 114 valence electrons. The number of methoxy groups -OCH3 is 1. The molecule has 0 radical (unpaired) electrons. The van der Waals surface area contributed by atoms with Crippen molar-refractivity contribution < 1.29 is 14.6 Å². The zero-order valence-electron chi connectivity index (χ0n) is 12.6. The van der Waals surface area contributed by atoms with E-state index in [1.54, 1.807) is 7.11 Å². The Labute approximate surface area is 129 Å². The Kier molecular flexibility index (Phi) is 7.51. The lowest BCUT2D eigenvalue weighted by Crippen LogP contribution is -2.25. The molecule has 1 atom stereocenters. The number of hydrogen-bond acceptors (Lipinski definition) is 4. The van der Waals surface area contributed by atoms with Crippen LogP contribution in [0, 0.1) is 6.92 Å². The van der Waals surface area contributed by atoms with Crippen LogP contribution in [0.5, 0.6) is 5.75 Å². The first-order valence-corrected chi connectivity index (χ1v) is 7.55. The largest absolute Gasteiger partial charge is 0.490 e. The number of nitrogens with one attached hydrogen (secondary N) is 1. The number of rotatable bonds is 8. The third-order valence-corrected chi connectivity index (χ3v) is 3.25. The first kappa shape index (κ1) is 17.4. The van der Waals surface area contributed by atoms with Gasteiger partial charge in [-0.05, 0) is 24.6 Å². The molecule has 0 fully saturated rings. The van der Waals surface area contributed by atoms with E-state index in [-0.39, 0.29) is 13.2 Å². The lowest BCUT2D eigenvalue weighted by atomic mass is 10.1. The molecule has 0 aromatic heterocycles. The number of benzene rings is 1. The van der Waals surface area contributed by atoms with Crippen molar-refractivity contribution in [3.63, 3.8) is 0 Å². The highest BCUT2D eigenvalue weighted by atomic mass is 79.9. The molecule has 20 heavy (non-hydrogen) atoms. The minimum Gasteiger partial charge on any atom is -0.490 e. The molecule has 0 spiro atoms. The molecule has 1 rings (SSSR count). The molecular weight excluding hydrogens is 322 g/mol. The summed E-state index contributed by atoms with van der Waals surface area (Å²) < 4.78 is 11.7. The van der Waals surface area contributed by atoms with Gasteiger partial charge in [-0.2, -0.15) is 0 Å². The lowest BCUT2D eigenvalue weighted by molar-refractivity contribution is 0.0321. The quantitative estimate of drug-likeness (QED) is 0.760. The summed E-state index contributed by atoms with van der Waals surface area (Å²) in [5.41, 5.74) is 2.12. The van der Waals surface area contributed by atoms with Gasteiger partial charge >= 0.3 is 0 Å². The van der Waals surface area contributed by atoms with Gasteiger partial charge in [0.2, 0.25) is 0 Å². The van der Waals surface area contributed by atoms with E-state index in [1.807, 2.05) is 19.1 Å². The highest BCUT2D eigenvalue weighted by Gasteiger charge is 2.12. The van der Waals surface area contributed by atoms with Gasteiger partial charge in [0.25, 0.3) is 0 Å². The summed E-state index contributed by atoms with van der Waals surface area (Å²) in [6, 6.07) is 4.46. The Balaban J connectivity index is 2.80. The summed E-state index contributed by atoms with van der Waals surface area (Å²) in [7, 11) is 1.56. The van der Waals surface area contributed by atoms with E-state index >= 15 is 0 Å². The summed E-state index contributed by atoms with van der Waals surface area (Å²) in [6.07, 6.45) is -0.617. The Morgan fingerprint density at radius 1 is 1.30 bits per heavy atom. The fourth-order valence-corrected chi connectivity index (χ4v) is 2.49. The molecule has 0 aliphatic rings. The van der Waals surface area contributed by atoms with Gasteiger partial charge in [-0.3, -0.25) is 0 Å². The summed E-state index contributed by atoms with van der Waals surface area (Å²) in [5, 5.41) is 13.1. The molecule has 0 heterocycles. The van der Waals surface area contributed by atoms with Crippen molar-refractivity contribution in [2.24, 2.45) is 0 Å². The van der Waals surface area contributed by atoms with Crippen LogP contribution in [0.25, 0.3) is 0 Å². The van der Waals surface area contributed by atoms with Crippen LogP contribution < -0.4 is 10.1 Å². The number of hydrogen-bond donors (Lipinski definition) is 2. The summed E-state index contributed by atoms with van der Waals surface area (Å²) in [4.78, 5) is 0. The van der Waals surface area contributed by atoms with Crippen molar-refractivity contribution in [1.82, 2.24) is 5.32 Å². The van der Waals surface area contributed by atoms with E-state index in [4.69, 9.17) is 9.47 Å². The minimum absolute atomic E-state index is 0.227. The standard InChI is InChI=1S/C15H24BrNO3/c1-10(2)17-7-12-6-13(16)5-11(3)15(12)20-9-14(18)8-19-4/h5-6,10,14,17-18H,7-9H2,1-4H3. The highest BCUT2D eigenvalue weighted by molar-refractivity contribution is 9.10. The lowest BCUT2D eigenvalue weighted by Gasteiger charge is -2.18. The maximum Gasteiger partial charge on any atom is 0.126 e. The van der Waals surface area contributed by atoms with Gasteiger partial charge in [0.1, 0.15) is 18.5 Å². The summed E-state index contributed by atoms with van der Waals surface area (Å²) in [5.74, 6) is 0.830. The van der Waals surface area contributed by atoms with Crippen LogP contribution in [0.3, 0.4) is 0 Å². The van der Waals surface area contributed by atoms with E-state index in [0.29, 0.717) is 6.04 Å². The van der Waals surface area contributed by atoms with Crippen molar-refractivity contribution in [2.45, 2.75) is 39.5 Å². The first-order valence-electron chi connectivity index (χ1n) is 6.76. The first-order chi connectivity index (χ1) is 9.43. The molecule has 0 aliphatic carbocycles. The molecule has 2 N–H and O–H groups in total. The Morgan fingerprint density at radius 3 is 2.60 bits per heavy atom. The topological polar surface area (TPSA) is 50.7 Å². The smallest absolute Gasteiger partial charge is 0.126 e. The van der Waals surface area contributed by atoms with Crippen LogP contribution in [0.2, 0.25) is 0 Å². The zero-order valence-corrected chi connectivity index (χ0v) is 14.2. The SMILES string of the molecule is COCC(O)COc1c(C)cc(Br)cc1CNC(C)C. The maximum atomic E-state index is 9.69. The van der Waals surface area contributed by atoms with Gasteiger partial charge in [0.05, 0.1) is 6.61 Å².